The fourth-order valence-corrected chi connectivity index (χ4v) is 2.84. The Morgan fingerprint density at radius 3 is 1.50 bits per heavy atom. The predicted octanol–water partition coefficient (Wildman–Crippen LogP) is 7.17. The zero-order valence-corrected chi connectivity index (χ0v) is 18.7. The number of carbonyl (C=O) groups excluding carboxylic acids is 1. The first-order valence-electron chi connectivity index (χ1n) is 10.1. The molecule has 0 atom stereocenters. The quantitative estimate of drug-likeness (QED) is 0.118. The molecule has 0 aliphatic rings. The minimum absolute atomic E-state index is 0. The van der Waals surface area contributed by atoms with Gasteiger partial charge in [-0.05, 0) is 13.3 Å². The number of esters is 1. The van der Waals surface area contributed by atoms with E-state index in [0.29, 0.717) is 6.42 Å². The van der Waals surface area contributed by atoms with Gasteiger partial charge in [-0.25, -0.2) is 0 Å². The van der Waals surface area contributed by atoms with E-state index in [1.165, 1.54) is 89.7 Å². The molecule has 0 unspecified atom stereocenters. The molecule has 0 saturated carbocycles. The van der Waals surface area contributed by atoms with Gasteiger partial charge in [0, 0.05) is 6.42 Å². The van der Waals surface area contributed by atoms with E-state index < -0.39 is 0 Å². The van der Waals surface area contributed by atoms with Crippen LogP contribution in [0.25, 0.3) is 0 Å². The van der Waals surface area contributed by atoms with Gasteiger partial charge in [-0.3, -0.25) is 4.79 Å². The van der Waals surface area contributed by atoms with Crippen LogP contribution in [0.2, 0.25) is 0 Å². The maximum absolute atomic E-state index is 11.3. The van der Waals surface area contributed by atoms with E-state index in [-0.39, 0.29) is 46.6 Å². The molecule has 0 heterocycles. The third kappa shape index (κ3) is 22.5. The zero-order chi connectivity index (χ0) is 17.0. The van der Waals surface area contributed by atoms with Gasteiger partial charge in [0.2, 0.25) is 0 Å². The van der Waals surface area contributed by atoms with Gasteiger partial charge in [0.25, 0.3) is 0 Å². The first-order chi connectivity index (χ1) is 11.3. The zero-order valence-electron chi connectivity index (χ0n) is 18.5. The van der Waals surface area contributed by atoms with Crippen molar-refractivity contribution in [2.24, 2.45) is 0 Å². The summed E-state index contributed by atoms with van der Waals surface area (Å²) in [6, 6.07) is 0. The third-order valence-electron chi connectivity index (χ3n) is 4.32. The van der Waals surface area contributed by atoms with Gasteiger partial charge in [-0.15, -0.1) is 0 Å². The molecule has 2 nitrogen and oxygen atoms in total. The van der Waals surface area contributed by atoms with Crippen LogP contribution in [0.4, 0.5) is 0 Å². The van der Waals surface area contributed by atoms with Crippen LogP contribution in [0.15, 0.2) is 12.3 Å². The van der Waals surface area contributed by atoms with E-state index in [0.717, 1.165) is 12.8 Å². The average molecular weight is 367 g/mol. The maximum atomic E-state index is 11.3. The second-order valence-corrected chi connectivity index (χ2v) is 6.66. The number of carbonyl (C=O) groups is 1. The number of unbranched alkanes of at least 4 members (excludes halogenated alkanes) is 14. The van der Waals surface area contributed by atoms with Crippen molar-refractivity contribution < 1.29 is 12.4 Å². The van der Waals surface area contributed by atoms with Gasteiger partial charge in [0.05, 0.1) is 6.26 Å². The Kier molecular flexibility index (Phi) is 26.1. The van der Waals surface area contributed by atoms with E-state index in [1.807, 2.05) is 6.92 Å². The molecule has 0 amide bonds. The van der Waals surface area contributed by atoms with Gasteiger partial charge < -0.3 is 7.59 Å². The van der Waals surface area contributed by atoms with Gasteiger partial charge in [-0.1, -0.05) is 103 Å². The van der Waals surface area contributed by atoms with Crippen molar-refractivity contribution in [1.29, 1.82) is 0 Å². The Hall–Kier alpha value is 0.470. The smallest absolute Gasteiger partial charge is 1.00 e. The third-order valence-corrected chi connectivity index (χ3v) is 4.32. The van der Waals surface area contributed by atoms with Crippen LogP contribution in [-0.4, -0.2) is 43.7 Å². The molecule has 0 bridgehead atoms. The van der Waals surface area contributed by atoms with Crippen molar-refractivity contribution in [3.05, 3.63) is 12.3 Å². The SMILES string of the molecule is CC=COC(=O)CCCCCCCCCCCCCCCCC.[Ca+2].[H-].[H-]. The molecule has 0 N–H and O–H groups in total. The van der Waals surface area contributed by atoms with E-state index in [1.54, 1.807) is 6.08 Å². The molecule has 0 rings (SSSR count). The molecule has 0 aromatic carbocycles. The molecule has 0 fully saturated rings. The number of allylic oxidation sites excluding steroid dienone is 1. The standard InChI is InChI=1S/C21H40O2.Ca.2H/c1-3-5-6-7-8-9-10-11-12-13-14-15-16-17-18-19-21(22)23-20-4-2;;;/h4,20H,3,5-19H2,1-2H3;;;/q;+2;2*-1. The normalized spacial score (nSPS) is 10.8. The van der Waals surface area contributed by atoms with Crippen LogP contribution in [0.3, 0.4) is 0 Å². The molecule has 0 aliphatic heterocycles. The number of ether oxygens (including phenoxy) is 1. The van der Waals surface area contributed by atoms with E-state index in [2.05, 4.69) is 6.92 Å². The van der Waals surface area contributed by atoms with Gasteiger partial charge in [0.15, 0.2) is 0 Å². The molecular formula is C21H42CaO2. The summed E-state index contributed by atoms with van der Waals surface area (Å²) in [6.07, 6.45) is 24.0. The molecule has 0 aromatic heterocycles. The predicted molar refractivity (Wildman–Crippen MR) is 108 cm³/mol. The second kappa shape index (κ2) is 23.5. The van der Waals surface area contributed by atoms with E-state index in [4.69, 9.17) is 4.74 Å². The summed E-state index contributed by atoms with van der Waals surface area (Å²) in [5.74, 6) is -0.0993. The topological polar surface area (TPSA) is 26.3 Å². The number of hydrogen-bond donors (Lipinski definition) is 0. The van der Waals surface area contributed by atoms with E-state index in [9.17, 15) is 4.79 Å². The van der Waals surface area contributed by atoms with Crippen LogP contribution in [-0.2, 0) is 9.53 Å². The van der Waals surface area contributed by atoms with Crippen molar-refractivity contribution in [3.8, 4) is 0 Å². The fraction of sp³-hybridized carbons (Fsp3) is 0.857. The molecule has 0 radical (unpaired) electrons. The summed E-state index contributed by atoms with van der Waals surface area (Å²) >= 11 is 0. The maximum Gasteiger partial charge on any atom is 2.00 e. The Balaban J connectivity index is -0.000000807. The van der Waals surface area contributed by atoms with Gasteiger partial charge in [0.1, 0.15) is 0 Å². The van der Waals surface area contributed by atoms with Gasteiger partial charge in [-0.2, -0.15) is 0 Å². The molecule has 24 heavy (non-hydrogen) atoms. The molecule has 140 valence electrons. The Morgan fingerprint density at radius 1 is 0.750 bits per heavy atom. The molecular weight excluding hydrogens is 324 g/mol. The average Bonchev–Trinajstić information content (AvgIpc) is 2.56. The van der Waals surface area contributed by atoms with Crippen molar-refractivity contribution >= 4 is 43.7 Å². The number of rotatable bonds is 17. The summed E-state index contributed by atoms with van der Waals surface area (Å²) in [5.41, 5.74) is 0. The fourth-order valence-electron chi connectivity index (χ4n) is 2.84. The number of hydrogen-bond acceptors (Lipinski definition) is 2. The van der Waals surface area contributed by atoms with Crippen LogP contribution >= 0.6 is 0 Å². The molecule has 0 aromatic rings. The van der Waals surface area contributed by atoms with Crippen molar-refractivity contribution in [2.75, 3.05) is 0 Å². The summed E-state index contributed by atoms with van der Waals surface area (Å²) in [5, 5.41) is 0. The summed E-state index contributed by atoms with van der Waals surface area (Å²) in [4.78, 5) is 11.3. The Labute approximate surface area is 184 Å². The van der Waals surface area contributed by atoms with E-state index >= 15 is 0 Å². The van der Waals surface area contributed by atoms with Crippen LogP contribution in [0.1, 0.15) is 119 Å². The monoisotopic (exact) mass is 366 g/mol. The molecule has 0 aliphatic carbocycles. The van der Waals surface area contributed by atoms with Crippen molar-refractivity contribution in [1.82, 2.24) is 0 Å². The molecule has 0 spiro atoms. The van der Waals surface area contributed by atoms with Crippen molar-refractivity contribution in [3.63, 3.8) is 0 Å². The van der Waals surface area contributed by atoms with Gasteiger partial charge >= 0.3 is 43.7 Å². The van der Waals surface area contributed by atoms with Crippen LogP contribution < -0.4 is 0 Å². The first kappa shape index (κ1) is 26.7. The summed E-state index contributed by atoms with van der Waals surface area (Å²) in [6.45, 7) is 4.13. The first-order valence-corrected chi connectivity index (χ1v) is 10.1. The van der Waals surface area contributed by atoms with Crippen LogP contribution in [0.5, 0.6) is 0 Å². The summed E-state index contributed by atoms with van der Waals surface area (Å²) < 4.78 is 4.89. The van der Waals surface area contributed by atoms with Crippen LogP contribution in [0, 0.1) is 0 Å². The summed E-state index contributed by atoms with van der Waals surface area (Å²) in [7, 11) is 0. The second-order valence-electron chi connectivity index (χ2n) is 6.66. The largest absolute Gasteiger partial charge is 2.00 e. The molecule has 0 saturated heterocycles. The molecule has 3 heteroatoms. The Bertz CT molecular complexity index is 287. The van der Waals surface area contributed by atoms with Crippen molar-refractivity contribution in [2.45, 2.75) is 117 Å². The Morgan fingerprint density at radius 2 is 1.12 bits per heavy atom. The minimum Gasteiger partial charge on any atom is -1.00 e. The minimum atomic E-state index is -0.0993.